The number of hydrogen-bond acceptors (Lipinski definition) is 3. The maximum Gasteiger partial charge on any atom is 0.334 e. The molecule has 1 heterocycles. The third kappa shape index (κ3) is 3.23. The number of carbonyl (C=O) groups is 2. The summed E-state index contributed by atoms with van der Waals surface area (Å²) in [7, 11) is 0. The standard InChI is InChI=1S/C14H24N2O4/c1-3-10-4-5-11(9(10)2)15-14(19)16-6-7-20-12(8-16)13(17)18/h9-12H,3-8H2,1-2H3,(H,15,19)(H,17,18). The van der Waals surface area contributed by atoms with Gasteiger partial charge in [-0.3, -0.25) is 0 Å². The molecule has 0 spiro atoms. The van der Waals surface area contributed by atoms with E-state index in [1.807, 2.05) is 0 Å². The van der Waals surface area contributed by atoms with Crippen molar-refractivity contribution < 1.29 is 19.4 Å². The SMILES string of the molecule is CCC1CCC(NC(=O)N2CCOC(C(=O)O)C2)C1C. The molecule has 0 bridgehead atoms. The van der Waals surface area contributed by atoms with Gasteiger partial charge >= 0.3 is 12.0 Å². The molecule has 1 saturated heterocycles. The van der Waals surface area contributed by atoms with Gasteiger partial charge in [0.25, 0.3) is 0 Å². The van der Waals surface area contributed by atoms with Gasteiger partial charge in [-0.25, -0.2) is 9.59 Å². The number of rotatable bonds is 3. The summed E-state index contributed by atoms with van der Waals surface area (Å²) in [5.74, 6) is 0.153. The maximum atomic E-state index is 12.2. The highest BCUT2D eigenvalue weighted by Gasteiger charge is 2.35. The molecule has 0 aromatic rings. The summed E-state index contributed by atoms with van der Waals surface area (Å²) in [4.78, 5) is 24.7. The first-order valence-electron chi connectivity index (χ1n) is 7.42. The second-order valence-electron chi connectivity index (χ2n) is 5.80. The molecular formula is C14H24N2O4. The molecule has 4 atom stereocenters. The Hall–Kier alpha value is -1.30. The minimum Gasteiger partial charge on any atom is -0.479 e. The number of nitrogens with one attached hydrogen (secondary N) is 1. The summed E-state index contributed by atoms with van der Waals surface area (Å²) in [6.07, 6.45) is 2.41. The van der Waals surface area contributed by atoms with Crippen LogP contribution >= 0.6 is 0 Å². The lowest BCUT2D eigenvalue weighted by Crippen LogP contribution is -2.54. The second-order valence-corrected chi connectivity index (χ2v) is 5.80. The van der Waals surface area contributed by atoms with Crippen LogP contribution in [-0.2, 0) is 9.53 Å². The second kappa shape index (κ2) is 6.43. The summed E-state index contributed by atoms with van der Waals surface area (Å²) in [6, 6.07) is 0.0479. The van der Waals surface area contributed by atoms with Crippen LogP contribution in [-0.4, -0.2) is 53.8 Å². The molecule has 6 nitrogen and oxygen atoms in total. The van der Waals surface area contributed by atoms with Gasteiger partial charge in [0.1, 0.15) is 0 Å². The predicted octanol–water partition coefficient (Wildman–Crippen LogP) is 1.31. The van der Waals surface area contributed by atoms with Crippen LogP contribution < -0.4 is 5.32 Å². The van der Waals surface area contributed by atoms with Crippen molar-refractivity contribution >= 4 is 12.0 Å². The zero-order chi connectivity index (χ0) is 14.7. The third-order valence-corrected chi connectivity index (χ3v) is 4.69. The average molecular weight is 284 g/mol. The van der Waals surface area contributed by atoms with Gasteiger partial charge in [0.15, 0.2) is 6.10 Å². The van der Waals surface area contributed by atoms with E-state index < -0.39 is 12.1 Å². The minimum absolute atomic E-state index is 0.124. The summed E-state index contributed by atoms with van der Waals surface area (Å²) >= 11 is 0. The Bertz CT molecular complexity index is 374. The molecular weight excluding hydrogens is 260 g/mol. The number of carboxylic acids is 1. The summed E-state index contributed by atoms with van der Waals surface area (Å²) in [6.45, 7) is 5.23. The Morgan fingerprint density at radius 3 is 2.75 bits per heavy atom. The normalized spacial score (nSPS) is 34.0. The van der Waals surface area contributed by atoms with E-state index in [4.69, 9.17) is 9.84 Å². The van der Waals surface area contributed by atoms with Crippen LogP contribution in [0.15, 0.2) is 0 Å². The molecule has 2 N–H and O–H groups in total. The number of morpholine rings is 1. The van der Waals surface area contributed by atoms with Crippen LogP contribution in [0.2, 0.25) is 0 Å². The van der Waals surface area contributed by atoms with Gasteiger partial charge in [0.05, 0.1) is 13.2 Å². The van der Waals surface area contributed by atoms with Gasteiger partial charge in [-0.1, -0.05) is 20.3 Å². The van der Waals surface area contributed by atoms with E-state index >= 15 is 0 Å². The number of aliphatic carboxylic acids is 1. The monoisotopic (exact) mass is 284 g/mol. The highest BCUT2D eigenvalue weighted by Crippen LogP contribution is 2.33. The zero-order valence-electron chi connectivity index (χ0n) is 12.2. The fourth-order valence-corrected chi connectivity index (χ4v) is 3.26. The molecule has 20 heavy (non-hydrogen) atoms. The minimum atomic E-state index is -1.01. The number of nitrogens with zero attached hydrogens (tertiary/aromatic N) is 1. The van der Waals surface area contributed by atoms with Crippen LogP contribution in [0.25, 0.3) is 0 Å². The summed E-state index contributed by atoms with van der Waals surface area (Å²) in [5, 5.41) is 12.0. The summed E-state index contributed by atoms with van der Waals surface area (Å²) in [5.41, 5.74) is 0. The van der Waals surface area contributed by atoms with Crippen LogP contribution in [0.1, 0.15) is 33.1 Å². The smallest absolute Gasteiger partial charge is 0.334 e. The lowest BCUT2D eigenvalue weighted by atomic mass is 9.93. The number of carbonyl (C=O) groups excluding carboxylic acids is 1. The van der Waals surface area contributed by atoms with E-state index in [-0.39, 0.29) is 25.2 Å². The molecule has 1 saturated carbocycles. The van der Waals surface area contributed by atoms with Crippen molar-refractivity contribution in [3.8, 4) is 0 Å². The van der Waals surface area contributed by atoms with Crippen molar-refractivity contribution in [3.63, 3.8) is 0 Å². The van der Waals surface area contributed by atoms with Crippen LogP contribution in [0.3, 0.4) is 0 Å². The lowest BCUT2D eigenvalue weighted by molar-refractivity contribution is -0.154. The molecule has 0 aromatic heterocycles. The molecule has 114 valence electrons. The van der Waals surface area contributed by atoms with Gasteiger partial charge in [0, 0.05) is 12.6 Å². The number of urea groups is 1. The van der Waals surface area contributed by atoms with Crippen molar-refractivity contribution in [1.29, 1.82) is 0 Å². The number of carboxylic acid groups (broad SMARTS) is 1. The van der Waals surface area contributed by atoms with Gasteiger partial charge < -0.3 is 20.1 Å². The first kappa shape index (κ1) is 15.1. The largest absolute Gasteiger partial charge is 0.479 e. The predicted molar refractivity (Wildman–Crippen MR) is 73.4 cm³/mol. The van der Waals surface area contributed by atoms with Crippen molar-refractivity contribution in [2.24, 2.45) is 11.8 Å². The van der Waals surface area contributed by atoms with E-state index in [1.165, 1.54) is 0 Å². The fraction of sp³-hybridized carbons (Fsp3) is 0.857. The maximum absolute atomic E-state index is 12.2. The number of ether oxygens (including phenoxy) is 1. The third-order valence-electron chi connectivity index (χ3n) is 4.69. The van der Waals surface area contributed by atoms with Crippen molar-refractivity contribution in [2.75, 3.05) is 19.7 Å². The fourth-order valence-electron chi connectivity index (χ4n) is 3.26. The van der Waals surface area contributed by atoms with Crippen molar-refractivity contribution in [2.45, 2.75) is 45.3 Å². The summed E-state index contributed by atoms with van der Waals surface area (Å²) < 4.78 is 5.12. The number of hydrogen-bond donors (Lipinski definition) is 2. The molecule has 2 fully saturated rings. The first-order valence-corrected chi connectivity index (χ1v) is 7.42. The van der Waals surface area contributed by atoms with Crippen molar-refractivity contribution in [1.82, 2.24) is 10.2 Å². The Balaban J connectivity index is 1.87. The van der Waals surface area contributed by atoms with E-state index in [0.717, 1.165) is 19.3 Å². The van der Waals surface area contributed by atoms with Gasteiger partial charge in [0.2, 0.25) is 0 Å². The molecule has 0 radical (unpaired) electrons. The Morgan fingerprint density at radius 1 is 1.40 bits per heavy atom. The molecule has 1 aliphatic heterocycles. The zero-order valence-corrected chi connectivity index (χ0v) is 12.2. The highest BCUT2D eigenvalue weighted by molar-refractivity contribution is 5.77. The van der Waals surface area contributed by atoms with Gasteiger partial charge in [-0.2, -0.15) is 0 Å². The molecule has 6 heteroatoms. The molecule has 2 aliphatic rings. The lowest BCUT2D eigenvalue weighted by Gasteiger charge is -2.32. The molecule has 2 amide bonds. The van der Waals surface area contributed by atoms with E-state index in [2.05, 4.69) is 19.2 Å². The average Bonchev–Trinajstić information content (AvgIpc) is 2.79. The van der Waals surface area contributed by atoms with E-state index in [9.17, 15) is 9.59 Å². The first-order chi connectivity index (χ1) is 9.52. The Kier molecular flexibility index (Phi) is 4.86. The molecule has 0 aromatic carbocycles. The molecule has 1 aliphatic carbocycles. The van der Waals surface area contributed by atoms with Gasteiger partial charge in [-0.15, -0.1) is 0 Å². The molecule has 2 rings (SSSR count). The van der Waals surface area contributed by atoms with E-state index in [1.54, 1.807) is 4.90 Å². The van der Waals surface area contributed by atoms with Crippen LogP contribution in [0.4, 0.5) is 4.79 Å². The van der Waals surface area contributed by atoms with E-state index in [0.29, 0.717) is 18.4 Å². The number of amides is 2. The quantitative estimate of drug-likeness (QED) is 0.819. The van der Waals surface area contributed by atoms with Crippen LogP contribution in [0.5, 0.6) is 0 Å². The topological polar surface area (TPSA) is 78.9 Å². The Labute approximate surface area is 119 Å². The molecule has 4 unspecified atom stereocenters. The van der Waals surface area contributed by atoms with Crippen molar-refractivity contribution in [3.05, 3.63) is 0 Å². The highest BCUT2D eigenvalue weighted by atomic mass is 16.5. The Morgan fingerprint density at radius 2 is 2.15 bits per heavy atom. The van der Waals surface area contributed by atoms with Crippen LogP contribution in [0, 0.1) is 11.8 Å². The van der Waals surface area contributed by atoms with Gasteiger partial charge in [-0.05, 0) is 24.7 Å².